The number of nitrogens with two attached hydrogens (primary N) is 1. The molecule has 0 spiro atoms. The lowest BCUT2D eigenvalue weighted by atomic mass is 10.2. The number of hydrogen-bond acceptors (Lipinski definition) is 4. The lowest BCUT2D eigenvalue weighted by Crippen LogP contribution is -2.35. The molecule has 0 fully saturated rings. The molecule has 19 heavy (non-hydrogen) atoms. The monoisotopic (exact) mass is 280 g/mol. The van der Waals surface area contributed by atoms with Crippen LogP contribution in [-0.2, 0) is 0 Å². The van der Waals surface area contributed by atoms with Gasteiger partial charge in [0.05, 0.1) is 0 Å². The van der Waals surface area contributed by atoms with Gasteiger partial charge in [-0.15, -0.1) is 0 Å². The Morgan fingerprint density at radius 3 is 2.58 bits per heavy atom. The summed E-state index contributed by atoms with van der Waals surface area (Å²) >= 11 is 5.03. The van der Waals surface area contributed by atoms with Gasteiger partial charge in [-0.1, -0.05) is 26.1 Å². The summed E-state index contributed by atoms with van der Waals surface area (Å²) in [6.45, 7) is 7.33. The Morgan fingerprint density at radius 2 is 2.05 bits per heavy atom. The van der Waals surface area contributed by atoms with Gasteiger partial charge < -0.3 is 15.5 Å². The van der Waals surface area contributed by atoms with Crippen LogP contribution in [0.2, 0.25) is 0 Å². The van der Waals surface area contributed by atoms with Gasteiger partial charge in [0.1, 0.15) is 10.8 Å². The van der Waals surface area contributed by atoms with Crippen molar-refractivity contribution >= 4 is 23.0 Å². The molecular weight excluding hydrogens is 256 g/mol. The largest absolute Gasteiger partial charge is 0.389 e. The summed E-state index contributed by atoms with van der Waals surface area (Å²) in [5.41, 5.74) is 6.56. The van der Waals surface area contributed by atoms with Crippen LogP contribution >= 0.6 is 12.2 Å². The van der Waals surface area contributed by atoms with Crippen LogP contribution in [-0.4, -0.2) is 48.6 Å². The summed E-state index contributed by atoms with van der Waals surface area (Å²) in [6.07, 6.45) is 1.77. The van der Waals surface area contributed by atoms with Crippen molar-refractivity contribution in [3.8, 4) is 0 Å². The number of hydrogen-bond donors (Lipinski definition) is 1. The van der Waals surface area contributed by atoms with Crippen molar-refractivity contribution < 1.29 is 0 Å². The van der Waals surface area contributed by atoms with E-state index in [1.54, 1.807) is 6.20 Å². The average Bonchev–Trinajstić information content (AvgIpc) is 2.34. The number of thiocarbonyl (C=S) groups is 1. The van der Waals surface area contributed by atoms with E-state index < -0.39 is 0 Å². The van der Waals surface area contributed by atoms with Crippen LogP contribution < -0.4 is 10.6 Å². The van der Waals surface area contributed by atoms with Crippen LogP contribution in [0.3, 0.4) is 0 Å². The zero-order valence-electron chi connectivity index (χ0n) is 12.3. The average molecular weight is 280 g/mol. The normalized spacial score (nSPS) is 11.1. The summed E-state index contributed by atoms with van der Waals surface area (Å²) in [7, 11) is 4.15. The van der Waals surface area contributed by atoms with E-state index in [1.807, 2.05) is 12.1 Å². The summed E-state index contributed by atoms with van der Waals surface area (Å²) in [4.78, 5) is 9.32. The van der Waals surface area contributed by atoms with Gasteiger partial charge in [-0.25, -0.2) is 4.98 Å². The molecule has 0 aromatic carbocycles. The highest BCUT2D eigenvalue weighted by molar-refractivity contribution is 7.80. The molecule has 0 amide bonds. The topological polar surface area (TPSA) is 45.4 Å². The molecule has 5 heteroatoms. The minimum absolute atomic E-state index is 0.417. The third-order valence-electron chi connectivity index (χ3n) is 2.76. The molecular formula is C14H24N4S. The van der Waals surface area contributed by atoms with E-state index in [-0.39, 0.29) is 0 Å². The van der Waals surface area contributed by atoms with Crippen LogP contribution in [0.15, 0.2) is 18.3 Å². The van der Waals surface area contributed by atoms with Crippen molar-refractivity contribution in [1.29, 1.82) is 0 Å². The first-order valence-corrected chi connectivity index (χ1v) is 6.96. The third kappa shape index (κ3) is 5.53. The summed E-state index contributed by atoms with van der Waals surface area (Å²) in [5.74, 6) is 1.53. The van der Waals surface area contributed by atoms with Crippen LogP contribution in [0.1, 0.15) is 19.4 Å². The second-order valence-corrected chi connectivity index (χ2v) is 5.85. The molecule has 0 aliphatic carbocycles. The minimum Gasteiger partial charge on any atom is -0.389 e. The second kappa shape index (κ2) is 7.40. The first kappa shape index (κ1) is 15.9. The minimum atomic E-state index is 0.417. The highest BCUT2D eigenvalue weighted by Crippen LogP contribution is 2.14. The van der Waals surface area contributed by atoms with Crippen molar-refractivity contribution in [1.82, 2.24) is 9.88 Å². The first-order chi connectivity index (χ1) is 8.90. The van der Waals surface area contributed by atoms with Gasteiger partial charge in [0.15, 0.2) is 0 Å². The molecule has 1 rings (SSSR count). The Morgan fingerprint density at radius 1 is 1.37 bits per heavy atom. The lowest BCUT2D eigenvalue weighted by molar-refractivity contribution is 0.408. The van der Waals surface area contributed by atoms with Gasteiger partial charge in [-0.2, -0.15) is 0 Å². The molecule has 1 heterocycles. The van der Waals surface area contributed by atoms with Gasteiger partial charge in [-0.3, -0.25) is 0 Å². The summed E-state index contributed by atoms with van der Waals surface area (Å²) in [6, 6.07) is 3.83. The number of aromatic nitrogens is 1. The van der Waals surface area contributed by atoms with Gasteiger partial charge in [0, 0.05) is 31.4 Å². The Hall–Kier alpha value is -1.20. The molecule has 4 nitrogen and oxygen atoms in total. The van der Waals surface area contributed by atoms with Gasteiger partial charge in [0.2, 0.25) is 0 Å². The van der Waals surface area contributed by atoms with E-state index in [9.17, 15) is 0 Å². The van der Waals surface area contributed by atoms with Crippen LogP contribution in [0.5, 0.6) is 0 Å². The quantitative estimate of drug-likeness (QED) is 0.771. The maximum absolute atomic E-state index is 5.68. The van der Waals surface area contributed by atoms with E-state index in [2.05, 4.69) is 42.7 Å². The fraction of sp³-hybridized carbons (Fsp3) is 0.571. The molecule has 1 aromatic heterocycles. The molecule has 0 aliphatic rings. The predicted octanol–water partition coefficient (Wildman–Crippen LogP) is 1.74. The molecule has 1 aromatic rings. The molecule has 106 valence electrons. The smallest absolute Gasteiger partial charge is 0.129 e. The molecule has 0 unspecified atom stereocenters. The number of pyridine rings is 1. The van der Waals surface area contributed by atoms with E-state index in [1.165, 1.54) is 0 Å². The standard InChI is InChI=1S/C14H24N4S/c1-11(2)10-18(8-7-17(3)4)13-9-12(14(15)19)5-6-16-13/h5-6,9,11H,7-8,10H2,1-4H3,(H2,15,19). The van der Waals surface area contributed by atoms with E-state index >= 15 is 0 Å². The fourth-order valence-corrected chi connectivity index (χ4v) is 1.93. The van der Waals surface area contributed by atoms with Crippen molar-refractivity contribution in [2.75, 3.05) is 38.6 Å². The lowest BCUT2D eigenvalue weighted by Gasteiger charge is -2.27. The first-order valence-electron chi connectivity index (χ1n) is 6.55. The maximum atomic E-state index is 5.68. The van der Waals surface area contributed by atoms with Crippen molar-refractivity contribution in [3.05, 3.63) is 23.9 Å². The zero-order chi connectivity index (χ0) is 14.4. The molecule has 0 bridgehead atoms. The number of rotatable bonds is 7. The maximum Gasteiger partial charge on any atom is 0.129 e. The zero-order valence-corrected chi connectivity index (χ0v) is 13.1. The van der Waals surface area contributed by atoms with Crippen LogP contribution in [0.25, 0.3) is 0 Å². The molecule has 0 saturated carbocycles. The van der Waals surface area contributed by atoms with Crippen molar-refractivity contribution in [3.63, 3.8) is 0 Å². The van der Waals surface area contributed by atoms with E-state index in [4.69, 9.17) is 18.0 Å². The molecule has 0 atom stereocenters. The van der Waals surface area contributed by atoms with E-state index in [0.717, 1.165) is 31.0 Å². The van der Waals surface area contributed by atoms with Crippen molar-refractivity contribution in [2.45, 2.75) is 13.8 Å². The Labute approximate surface area is 121 Å². The molecule has 2 N–H and O–H groups in total. The fourth-order valence-electron chi connectivity index (χ4n) is 1.81. The summed E-state index contributed by atoms with van der Waals surface area (Å²) < 4.78 is 0. The van der Waals surface area contributed by atoms with Crippen LogP contribution in [0, 0.1) is 5.92 Å². The Balaban J connectivity index is 2.89. The number of nitrogens with zero attached hydrogens (tertiary/aromatic N) is 3. The third-order valence-corrected chi connectivity index (χ3v) is 2.99. The van der Waals surface area contributed by atoms with Crippen LogP contribution in [0.4, 0.5) is 5.82 Å². The Kier molecular flexibility index (Phi) is 6.18. The molecule has 0 aliphatic heterocycles. The summed E-state index contributed by atoms with van der Waals surface area (Å²) in [5, 5.41) is 0. The molecule has 0 radical (unpaired) electrons. The van der Waals surface area contributed by atoms with Crippen molar-refractivity contribution in [2.24, 2.45) is 11.7 Å². The SMILES string of the molecule is CC(C)CN(CCN(C)C)c1cc(C(N)=S)ccn1. The predicted molar refractivity (Wildman–Crippen MR) is 85.7 cm³/mol. The van der Waals surface area contributed by atoms with E-state index in [0.29, 0.717) is 10.9 Å². The highest BCUT2D eigenvalue weighted by atomic mass is 32.1. The second-order valence-electron chi connectivity index (χ2n) is 5.41. The van der Waals surface area contributed by atoms with Gasteiger partial charge >= 0.3 is 0 Å². The van der Waals surface area contributed by atoms with Gasteiger partial charge in [-0.05, 0) is 32.1 Å². The Bertz CT molecular complexity index is 418. The number of anilines is 1. The molecule has 0 saturated heterocycles. The highest BCUT2D eigenvalue weighted by Gasteiger charge is 2.11. The number of likely N-dealkylation sites (N-methyl/N-ethyl adjacent to an activating group) is 1. The van der Waals surface area contributed by atoms with Gasteiger partial charge in [0.25, 0.3) is 0 Å².